The molecule has 0 aliphatic heterocycles. The Morgan fingerprint density at radius 3 is 2.44 bits per heavy atom. The second-order valence-corrected chi connectivity index (χ2v) is 6.24. The van der Waals surface area contributed by atoms with Crippen molar-refractivity contribution in [3.63, 3.8) is 0 Å². The molecule has 0 unspecified atom stereocenters. The van der Waals surface area contributed by atoms with Crippen LogP contribution in [-0.4, -0.2) is 20.3 Å². The first-order chi connectivity index (χ1) is 12.2. The van der Waals surface area contributed by atoms with Gasteiger partial charge in [0.2, 0.25) is 0 Å². The first kappa shape index (κ1) is 17.3. The van der Waals surface area contributed by atoms with Crippen molar-refractivity contribution in [2.75, 3.05) is 20.3 Å². The van der Waals surface area contributed by atoms with Crippen LogP contribution in [0.4, 0.5) is 0 Å². The van der Waals surface area contributed by atoms with Gasteiger partial charge in [-0.2, -0.15) is 0 Å². The van der Waals surface area contributed by atoms with Gasteiger partial charge in [-0.15, -0.1) is 0 Å². The zero-order chi connectivity index (χ0) is 17.6. The van der Waals surface area contributed by atoms with E-state index >= 15 is 0 Å². The minimum absolute atomic E-state index is 0.516. The average Bonchev–Trinajstić information content (AvgIpc) is 2.63. The van der Waals surface area contributed by atoms with Gasteiger partial charge in [-0.1, -0.05) is 36.4 Å². The zero-order valence-electron chi connectivity index (χ0n) is 15.1. The number of benzene rings is 3. The molecule has 0 aliphatic rings. The molecule has 0 atom stereocenters. The highest BCUT2D eigenvalue weighted by Crippen LogP contribution is 2.28. The minimum Gasteiger partial charge on any atom is -0.490 e. The molecular formula is C22H25NO2. The number of aryl methyl sites for hydroxylation is 2. The van der Waals surface area contributed by atoms with Crippen LogP contribution in [-0.2, 0) is 6.54 Å². The average molecular weight is 335 g/mol. The highest BCUT2D eigenvalue weighted by molar-refractivity contribution is 5.87. The van der Waals surface area contributed by atoms with E-state index in [-0.39, 0.29) is 0 Å². The summed E-state index contributed by atoms with van der Waals surface area (Å²) >= 11 is 0. The van der Waals surface area contributed by atoms with Gasteiger partial charge in [-0.3, -0.25) is 0 Å². The maximum Gasteiger partial charge on any atom is 0.124 e. The summed E-state index contributed by atoms with van der Waals surface area (Å²) < 4.78 is 11.8. The van der Waals surface area contributed by atoms with Crippen LogP contribution in [0.1, 0.15) is 16.7 Å². The van der Waals surface area contributed by atoms with Gasteiger partial charge >= 0.3 is 0 Å². The van der Waals surface area contributed by atoms with Crippen molar-refractivity contribution in [3.8, 4) is 11.5 Å². The van der Waals surface area contributed by atoms with E-state index in [4.69, 9.17) is 9.47 Å². The Hall–Kier alpha value is -2.52. The summed E-state index contributed by atoms with van der Waals surface area (Å²) in [5.74, 6) is 1.80. The smallest absolute Gasteiger partial charge is 0.124 e. The highest BCUT2D eigenvalue weighted by Gasteiger charge is 2.08. The lowest BCUT2D eigenvalue weighted by molar-refractivity contribution is 0.216. The number of nitrogens with one attached hydrogen (secondary N) is 1. The van der Waals surface area contributed by atoms with Gasteiger partial charge in [0.05, 0.1) is 0 Å². The Balaban J connectivity index is 1.66. The summed E-state index contributed by atoms with van der Waals surface area (Å²) in [6.45, 7) is 6.01. The maximum atomic E-state index is 6.01. The van der Waals surface area contributed by atoms with Crippen LogP contribution in [0.15, 0.2) is 54.6 Å². The van der Waals surface area contributed by atoms with Gasteiger partial charge in [0.15, 0.2) is 0 Å². The molecule has 0 amide bonds. The summed E-state index contributed by atoms with van der Waals surface area (Å²) in [6.07, 6.45) is 0. The molecule has 0 fully saturated rings. The van der Waals surface area contributed by atoms with Crippen molar-refractivity contribution in [3.05, 3.63) is 71.3 Å². The summed E-state index contributed by atoms with van der Waals surface area (Å²) in [6, 6.07) is 18.7. The van der Waals surface area contributed by atoms with Crippen LogP contribution in [0.5, 0.6) is 11.5 Å². The summed E-state index contributed by atoms with van der Waals surface area (Å²) in [7, 11) is 1.95. The fraction of sp³-hybridized carbons (Fsp3) is 0.273. The van der Waals surface area contributed by atoms with E-state index in [2.05, 4.69) is 61.6 Å². The molecular weight excluding hydrogens is 310 g/mol. The molecule has 3 aromatic carbocycles. The molecule has 3 heteroatoms. The van der Waals surface area contributed by atoms with E-state index in [1.165, 1.54) is 27.5 Å². The number of fused-ring (bicyclic) bond motifs is 1. The Morgan fingerprint density at radius 1 is 0.840 bits per heavy atom. The summed E-state index contributed by atoms with van der Waals surface area (Å²) in [5, 5.41) is 5.69. The Morgan fingerprint density at radius 2 is 1.64 bits per heavy atom. The summed E-state index contributed by atoms with van der Waals surface area (Å²) in [4.78, 5) is 0. The molecule has 0 aromatic heterocycles. The van der Waals surface area contributed by atoms with Crippen molar-refractivity contribution in [1.29, 1.82) is 0 Å². The third-order valence-corrected chi connectivity index (χ3v) is 4.44. The molecule has 3 rings (SSSR count). The minimum atomic E-state index is 0.516. The molecule has 0 bridgehead atoms. The lowest BCUT2D eigenvalue weighted by Gasteiger charge is -2.15. The van der Waals surface area contributed by atoms with Crippen LogP contribution in [0, 0.1) is 13.8 Å². The number of ether oxygens (including phenoxy) is 2. The quantitative estimate of drug-likeness (QED) is 0.638. The van der Waals surface area contributed by atoms with Gasteiger partial charge in [0.25, 0.3) is 0 Å². The van der Waals surface area contributed by atoms with Crippen molar-refractivity contribution in [2.24, 2.45) is 0 Å². The number of hydrogen-bond donors (Lipinski definition) is 1. The van der Waals surface area contributed by atoms with Gasteiger partial charge in [-0.25, -0.2) is 0 Å². The van der Waals surface area contributed by atoms with Crippen molar-refractivity contribution < 1.29 is 9.47 Å². The van der Waals surface area contributed by atoms with Crippen LogP contribution in [0.2, 0.25) is 0 Å². The first-order valence-electron chi connectivity index (χ1n) is 8.67. The molecule has 3 aromatic rings. The third kappa shape index (κ3) is 4.12. The Bertz CT molecular complexity index is 858. The monoisotopic (exact) mass is 335 g/mol. The van der Waals surface area contributed by atoms with Crippen molar-refractivity contribution >= 4 is 10.8 Å². The highest BCUT2D eigenvalue weighted by atomic mass is 16.5. The normalized spacial score (nSPS) is 10.8. The van der Waals surface area contributed by atoms with E-state index in [0.29, 0.717) is 13.2 Å². The lowest BCUT2D eigenvalue weighted by Crippen LogP contribution is -2.12. The van der Waals surface area contributed by atoms with Crippen LogP contribution in [0.25, 0.3) is 10.8 Å². The molecule has 0 heterocycles. The maximum absolute atomic E-state index is 6.01. The van der Waals surface area contributed by atoms with Crippen molar-refractivity contribution in [1.82, 2.24) is 5.32 Å². The molecule has 0 saturated carbocycles. The third-order valence-electron chi connectivity index (χ3n) is 4.44. The SMILES string of the molecule is CNCc1c(OCCOc2ccc(C)c(C)c2)ccc2ccccc12. The van der Waals surface area contributed by atoms with Crippen LogP contribution >= 0.6 is 0 Å². The van der Waals surface area contributed by atoms with E-state index in [1.54, 1.807) is 0 Å². The van der Waals surface area contributed by atoms with Crippen LogP contribution < -0.4 is 14.8 Å². The summed E-state index contributed by atoms with van der Waals surface area (Å²) in [5.41, 5.74) is 3.70. The molecule has 0 aliphatic carbocycles. The fourth-order valence-corrected chi connectivity index (χ4v) is 2.93. The molecule has 130 valence electrons. The van der Waals surface area contributed by atoms with Gasteiger partial charge in [0, 0.05) is 12.1 Å². The Labute approximate surface area is 149 Å². The number of rotatable bonds is 7. The molecule has 3 nitrogen and oxygen atoms in total. The fourth-order valence-electron chi connectivity index (χ4n) is 2.93. The molecule has 0 radical (unpaired) electrons. The Kier molecular flexibility index (Phi) is 5.56. The van der Waals surface area contributed by atoms with Crippen molar-refractivity contribution in [2.45, 2.75) is 20.4 Å². The second kappa shape index (κ2) is 8.04. The molecule has 0 saturated heterocycles. The second-order valence-electron chi connectivity index (χ2n) is 6.24. The van der Waals surface area contributed by atoms with E-state index in [9.17, 15) is 0 Å². The lowest BCUT2D eigenvalue weighted by atomic mass is 10.0. The van der Waals surface area contributed by atoms with Crippen LogP contribution in [0.3, 0.4) is 0 Å². The molecule has 0 spiro atoms. The van der Waals surface area contributed by atoms with Gasteiger partial charge < -0.3 is 14.8 Å². The largest absolute Gasteiger partial charge is 0.490 e. The van der Waals surface area contributed by atoms with E-state index in [1.807, 2.05) is 19.2 Å². The standard InChI is InChI=1S/C22H25NO2/c1-16-8-10-19(14-17(16)2)24-12-13-25-22-11-9-18-6-4-5-7-20(18)21(22)15-23-3/h4-11,14,23H,12-13,15H2,1-3H3. The molecule has 25 heavy (non-hydrogen) atoms. The first-order valence-corrected chi connectivity index (χ1v) is 8.67. The number of hydrogen-bond acceptors (Lipinski definition) is 3. The predicted molar refractivity (Wildman–Crippen MR) is 104 cm³/mol. The van der Waals surface area contributed by atoms with E-state index < -0.39 is 0 Å². The van der Waals surface area contributed by atoms with E-state index in [0.717, 1.165) is 18.0 Å². The zero-order valence-corrected chi connectivity index (χ0v) is 15.1. The predicted octanol–water partition coefficient (Wildman–Crippen LogP) is 4.63. The topological polar surface area (TPSA) is 30.5 Å². The van der Waals surface area contributed by atoms with Gasteiger partial charge in [-0.05, 0) is 61.0 Å². The molecule has 1 N–H and O–H groups in total. The van der Waals surface area contributed by atoms with Gasteiger partial charge in [0.1, 0.15) is 24.7 Å².